The molecule has 106 valence electrons. The highest BCUT2D eigenvalue weighted by atomic mass is 79.9. The van der Waals surface area contributed by atoms with Crippen molar-refractivity contribution in [3.63, 3.8) is 0 Å². The van der Waals surface area contributed by atoms with Gasteiger partial charge in [0.15, 0.2) is 0 Å². The van der Waals surface area contributed by atoms with Crippen LogP contribution < -0.4 is 5.32 Å². The number of benzene rings is 1. The van der Waals surface area contributed by atoms with Crippen molar-refractivity contribution < 1.29 is 5.11 Å². The number of aromatic hydroxyl groups is 1. The Morgan fingerprint density at radius 1 is 1.37 bits per heavy atom. The number of hydrogen-bond donors (Lipinski definition) is 2. The van der Waals surface area contributed by atoms with E-state index in [4.69, 9.17) is 0 Å². The van der Waals surface area contributed by atoms with Gasteiger partial charge in [0, 0.05) is 19.1 Å². The summed E-state index contributed by atoms with van der Waals surface area (Å²) in [7, 11) is 2.18. The van der Waals surface area contributed by atoms with Crippen molar-refractivity contribution in [3.8, 4) is 5.75 Å². The van der Waals surface area contributed by atoms with Gasteiger partial charge in [-0.1, -0.05) is 6.92 Å². The summed E-state index contributed by atoms with van der Waals surface area (Å²) < 4.78 is 1.46. The number of nitrogens with zero attached hydrogens (tertiary/aromatic N) is 1. The lowest BCUT2D eigenvalue weighted by atomic mass is 9.94. The van der Waals surface area contributed by atoms with Crippen LogP contribution in [0.1, 0.15) is 18.9 Å². The molecular weight excluding hydrogens is 372 g/mol. The van der Waals surface area contributed by atoms with Crippen molar-refractivity contribution in [1.82, 2.24) is 10.2 Å². The third-order valence-electron chi connectivity index (χ3n) is 3.75. The molecule has 5 heteroatoms. The molecule has 1 aromatic carbocycles. The monoisotopic (exact) mass is 390 g/mol. The van der Waals surface area contributed by atoms with E-state index in [9.17, 15) is 5.11 Å². The molecule has 1 aromatic rings. The quantitative estimate of drug-likeness (QED) is 0.829. The predicted octanol–water partition coefficient (Wildman–Crippen LogP) is 3.35. The normalized spacial score (nSPS) is 24.6. The second-order valence-corrected chi connectivity index (χ2v) is 7.13. The standard InChI is InChI=1S/C14H20Br2N2O/c1-9-8-18(2)4-3-13(9)17-7-10-5-11(15)14(19)12(16)6-10/h5-6,9,13,17,19H,3-4,7-8H2,1-2H3. The molecule has 2 atom stereocenters. The van der Waals surface area contributed by atoms with Crippen molar-refractivity contribution in [3.05, 3.63) is 26.6 Å². The van der Waals surface area contributed by atoms with Crippen LogP contribution in [0.2, 0.25) is 0 Å². The minimum absolute atomic E-state index is 0.261. The molecule has 2 unspecified atom stereocenters. The summed E-state index contributed by atoms with van der Waals surface area (Å²) >= 11 is 6.74. The van der Waals surface area contributed by atoms with Gasteiger partial charge >= 0.3 is 0 Å². The van der Waals surface area contributed by atoms with E-state index in [1.54, 1.807) is 0 Å². The van der Waals surface area contributed by atoms with Crippen LogP contribution in [0.15, 0.2) is 21.1 Å². The van der Waals surface area contributed by atoms with Gasteiger partial charge in [0.05, 0.1) is 8.95 Å². The van der Waals surface area contributed by atoms with Gasteiger partial charge in [-0.3, -0.25) is 0 Å². The molecule has 3 nitrogen and oxygen atoms in total. The van der Waals surface area contributed by atoms with Crippen LogP contribution in [-0.2, 0) is 6.54 Å². The number of piperidine rings is 1. The van der Waals surface area contributed by atoms with E-state index in [2.05, 4.69) is 56.0 Å². The van der Waals surface area contributed by atoms with Gasteiger partial charge in [0.1, 0.15) is 5.75 Å². The maximum atomic E-state index is 9.70. The molecule has 2 rings (SSSR count). The zero-order valence-corrected chi connectivity index (χ0v) is 14.5. The average Bonchev–Trinajstić information content (AvgIpc) is 2.34. The van der Waals surface area contributed by atoms with Crippen LogP contribution in [-0.4, -0.2) is 36.2 Å². The van der Waals surface area contributed by atoms with Gasteiger partial charge in [-0.15, -0.1) is 0 Å². The maximum absolute atomic E-state index is 9.70. The van der Waals surface area contributed by atoms with Gasteiger partial charge in [-0.2, -0.15) is 0 Å². The first kappa shape index (κ1) is 15.3. The van der Waals surface area contributed by atoms with E-state index in [-0.39, 0.29) is 5.75 Å². The first-order valence-electron chi connectivity index (χ1n) is 6.56. The fourth-order valence-corrected chi connectivity index (χ4v) is 3.91. The molecule has 1 aliphatic rings. The minimum atomic E-state index is 0.261. The Labute approximate surface area is 131 Å². The fourth-order valence-electron chi connectivity index (χ4n) is 2.63. The van der Waals surface area contributed by atoms with Crippen LogP contribution in [0.25, 0.3) is 0 Å². The molecule has 0 aromatic heterocycles. The molecule has 1 saturated heterocycles. The molecule has 1 aliphatic heterocycles. The summed E-state index contributed by atoms with van der Waals surface area (Å²) in [6.45, 7) is 5.44. The lowest BCUT2D eigenvalue weighted by Crippen LogP contribution is -2.46. The van der Waals surface area contributed by atoms with Gasteiger partial charge in [-0.05, 0) is 75.5 Å². The van der Waals surface area contributed by atoms with E-state index in [1.807, 2.05) is 12.1 Å². The zero-order valence-electron chi connectivity index (χ0n) is 11.3. The highest BCUT2D eigenvalue weighted by Gasteiger charge is 2.23. The number of phenols is 1. The predicted molar refractivity (Wildman–Crippen MR) is 85.4 cm³/mol. The van der Waals surface area contributed by atoms with E-state index in [0.29, 0.717) is 12.0 Å². The van der Waals surface area contributed by atoms with Gasteiger partial charge in [0.2, 0.25) is 0 Å². The van der Waals surface area contributed by atoms with Crippen LogP contribution in [0.4, 0.5) is 0 Å². The number of phenolic OH excluding ortho intramolecular Hbond substituents is 1. The van der Waals surface area contributed by atoms with Crippen molar-refractivity contribution in [1.29, 1.82) is 0 Å². The Morgan fingerprint density at radius 2 is 2.00 bits per heavy atom. The van der Waals surface area contributed by atoms with Gasteiger partial charge in [0.25, 0.3) is 0 Å². The SMILES string of the molecule is CC1CN(C)CCC1NCc1cc(Br)c(O)c(Br)c1. The largest absolute Gasteiger partial charge is 0.506 e. The molecular formula is C14H20Br2N2O. The molecule has 1 heterocycles. The lowest BCUT2D eigenvalue weighted by molar-refractivity contribution is 0.174. The fraction of sp³-hybridized carbons (Fsp3) is 0.571. The van der Waals surface area contributed by atoms with Gasteiger partial charge in [-0.25, -0.2) is 0 Å². The highest BCUT2D eigenvalue weighted by molar-refractivity contribution is 9.11. The maximum Gasteiger partial charge on any atom is 0.143 e. The van der Waals surface area contributed by atoms with Crippen molar-refractivity contribution in [2.45, 2.75) is 25.9 Å². The van der Waals surface area contributed by atoms with Crippen molar-refractivity contribution in [2.24, 2.45) is 5.92 Å². The number of likely N-dealkylation sites (tertiary alicyclic amines) is 1. The lowest BCUT2D eigenvalue weighted by Gasteiger charge is -2.35. The Morgan fingerprint density at radius 3 is 2.58 bits per heavy atom. The van der Waals surface area contributed by atoms with Crippen LogP contribution in [0, 0.1) is 5.92 Å². The Hall–Kier alpha value is -0.100. The second-order valence-electron chi connectivity index (χ2n) is 5.42. The summed E-state index contributed by atoms with van der Waals surface area (Å²) in [4.78, 5) is 2.39. The number of halogens is 2. The molecule has 0 aliphatic carbocycles. The first-order valence-corrected chi connectivity index (χ1v) is 8.14. The first-order chi connectivity index (χ1) is 8.97. The molecule has 0 bridgehead atoms. The zero-order chi connectivity index (χ0) is 14.0. The average molecular weight is 392 g/mol. The summed E-state index contributed by atoms with van der Waals surface area (Å²) in [5, 5.41) is 13.3. The molecule has 0 saturated carbocycles. The Balaban J connectivity index is 1.95. The third-order valence-corrected chi connectivity index (χ3v) is 4.96. The number of hydrogen-bond acceptors (Lipinski definition) is 3. The van der Waals surface area contributed by atoms with E-state index < -0.39 is 0 Å². The van der Waals surface area contributed by atoms with E-state index >= 15 is 0 Å². The smallest absolute Gasteiger partial charge is 0.143 e. The van der Waals surface area contributed by atoms with E-state index in [0.717, 1.165) is 28.6 Å². The number of nitrogens with one attached hydrogen (secondary N) is 1. The molecule has 0 radical (unpaired) electrons. The highest BCUT2D eigenvalue weighted by Crippen LogP contribution is 2.33. The topological polar surface area (TPSA) is 35.5 Å². The van der Waals surface area contributed by atoms with Crippen molar-refractivity contribution in [2.75, 3.05) is 20.1 Å². The molecule has 2 N–H and O–H groups in total. The molecule has 0 spiro atoms. The minimum Gasteiger partial charge on any atom is -0.506 e. The van der Waals surface area contributed by atoms with Crippen molar-refractivity contribution >= 4 is 31.9 Å². The van der Waals surface area contributed by atoms with Crippen LogP contribution in [0.5, 0.6) is 5.75 Å². The Kier molecular flexibility index (Phi) is 5.29. The molecule has 0 amide bonds. The summed E-state index contributed by atoms with van der Waals surface area (Å²) in [6.07, 6.45) is 1.19. The second kappa shape index (κ2) is 6.57. The number of rotatable bonds is 3. The Bertz CT molecular complexity index is 430. The molecule has 19 heavy (non-hydrogen) atoms. The summed E-state index contributed by atoms with van der Waals surface area (Å²) in [5.74, 6) is 0.930. The van der Waals surface area contributed by atoms with Crippen LogP contribution in [0.3, 0.4) is 0 Å². The summed E-state index contributed by atoms with van der Waals surface area (Å²) in [6, 6.07) is 4.50. The summed E-state index contributed by atoms with van der Waals surface area (Å²) in [5.41, 5.74) is 1.17. The third kappa shape index (κ3) is 3.94. The van der Waals surface area contributed by atoms with Crippen LogP contribution >= 0.6 is 31.9 Å². The van der Waals surface area contributed by atoms with Gasteiger partial charge < -0.3 is 15.3 Å². The molecule has 1 fully saturated rings. The van der Waals surface area contributed by atoms with E-state index in [1.165, 1.54) is 12.0 Å².